The van der Waals surface area contributed by atoms with Crippen molar-refractivity contribution in [2.24, 2.45) is 0 Å². The third-order valence-electron chi connectivity index (χ3n) is 4.67. The number of aryl methyl sites for hydroxylation is 2. The highest BCUT2D eigenvalue weighted by atomic mass is 32.2. The molecule has 0 saturated heterocycles. The number of benzene rings is 2. The van der Waals surface area contributed by atoms with Crippen LogP contribution in [0.1, 0.15) is 60.5 Å². The zero-order valence-electron chi connectivity index (χ0n) is 16.5. The van der Waals surface area contributed by atoms with Gasteiger partial charge in [0, 0.05) is 6.04 Å². The highest BCUT2D eigenvalue weighted by Crippen LogP contribution is 2.32. The number of rotatable bonds is 7. The van der Waals surface area contributed by atoms with Crippen LogP contribution in [-0.2, 0) is 15.8 Å². The fraction of sp³-hybridized carbons (Fsp3) is 0.429. The maximum atomic E-state index is 12.7. The lowest BCUT2D eigenvalue weighted by atomic mass is 9.94. The Morgan fingerprint density at radius 2 is 1.65 bits per heavy atom. The number of nitrogens with one attached hydrogen (secondary N) is 1. The summed E-state index contributed by atoms with van der Waals surface area (Å²) in [6.07, 6.45) is 0. The Morgan fingerprint density at radius 3 is 2.23 bits per heavy atom. The Labute approximate surface area is 157 Å². The van der Waals surface area contributed by atoms with E-state index >= 15 is 0 Å². The standard InChI is InChI=1S/C21H29NO3S/c1-14(2)19-12-20(16(4)11-21(19)25-6)17(5)22-26(23,24)13-18-10-8-7-9-15(18)3/h7-12,14,17,22H,13H2,1-6H3/t17-/m1/s1. The van der Waals surface area contributed by atoms with E-state index in [-0.39, 0.29) is 11.8 Å². The first-order chi connectivity index (χ1) is 12.1. The smallest absolute Gasteiger partial charge is 0.216 e. The van der Waals surface area contributed by atoms with Gasteiger partial charge in [-0.15, -0.1) is 0 Å². The van der Waals surface area contributed by atoms with Gasteiger partial charge in [0.05, 0.1) is 12.9 Å². The Morgan fingerprint density at radius 1 is 1.00 bits per heavy atom. The zero-order valence-corrected chi connectivity index (χ0v) is 17.3. The van der Waals surface area contributed by atoms with Gasteiger partial charge in [-0.25, -0.2) is 13.1 Å². The van der Waals surface area contributed by atoms with Crippen molar-refractivity contribution in [3.05, 3.63) is 64.2 Å². The molecule has 2 aromatic carbocycles. The third kappa shape index (κ3) is 4.86. The molecule has 4 nitrogen and oxygen atoms in total. The van der Waals surface area contributed by atoms with E-state index in [1.54, 1.807) is 7.11 Å². The molecule has 5 heteroatoms. The minimum atomic E-state index is -3.45. The van der Waals surface area contributed by atoms with Gasteiger partial charge in [0.2, 0.25) is 10.0 Å². The summed E-state index contributed by atoms with van der Waals surface area (Å²) in [5.74, 6) is 1.12. The molecule has 0 radical (unpaired) electrons. The first-order valence-corrected chi connectivity index (χ1v) is 10.5. The molecule has 0 unspecified atom stereocenters. The van der Waals surface area contributed by atoms with Crippen LogP contribution in [0.3, 0.4) is 0 Å². The molecule has 0 amide bonds. The summed E-state index contributed by atoms with van der Waals surface area (Å²) in [6.45, 7) is 9.99. The molecule has 0 spiro atoms. The Hall–Kier alpha value is -1.85. The van der Waals surface area contributed by atoms with Crippen molar-refractivity contribution in [3.63, 3.8) is 0 Å². The second kappa shape index (κ2) is 8.23. The average molecular weight is 376 g/mol. The Balaban J connectivity index is 2.27. The third-order valence-corrected chi connectivity index (χ3v) is 6.07. The van der Waals surface area contributed by atoms with Gasteiger partial charge in [0.1, 0.15) is 5.75 Å². The van der Waals surface area contributed by atoms with Gasteiger partial charge < -0.3 is 4.74 Å². The molecule has 0 aliphatic rings. The van der Waals surface area contributed by atoms with Crippen molar-refractivity contribution in [3.8, 4) is 5.75 Å². The van der Waals surface area contributed by atoms with E-state index in [2.05, 4.69) is 24.6 Å². The summed E-state index contributed by atoms with van der Waals surface area (Å²) in [7, 11) is -1.79. The number of methoxy groups -OCH3 is 1. The van der Waals surface area contributed by atoms with Gasteiger partial charge in [-0.2, -0.15) is 0 Å². The molecule has 2 rings (SSSR count). The normalized spacial score (nSPS) is 13.0. The molecular weight excluding hydrogens is 346 g/mol. The Bertz CT molecular complexity index is 873. The minimum Gasteiger partial charge on any atom is -0.496 e. The molecular formula is C21H29NO3S. The lowest BCUT2D eigenvalue weighted by Gasteiger charge is -2.21. The fourth-order valence-electron chi connectivity index (χ4n) is 3.16. The van der Waals surface area contributed by atoms with Gasteiger partial charge in [0.15, 0.2) is 0 Å². The van der Waals surface area contributed by atoms with E-state index in [0.29, 0.717) is 5.92 Å². The monoisotopic (exact) mass is 375 g/mol. The maximum Gasteiger partial charge on any atom is 0.216 e. The quantitative estimate of drug-likeness (QED) is 0.768. The SMILES string of the molecule is COc1cc(C)c([C@@H](C)NS(=O)(=O)Cc2ccccc2C)cc1C(C)C. The highest BCUT2D eigenvalue weighted by Gasteiger charge is 2.20. The molecule has 142 valence electrons. The van der Waals surface area contributed by atoms with Crippen molar-refractivity contribution in [2.75, 3.05) is 7.11 Å². The van der Waals surface area contributed by atoms with Gasteiger partial charge >= 0.3 is 0 Å². The van der Waals surface area contributed by atoms with Crippen molar-refractivity contribution in [1.29, 1.82) is 0 Å². The Kier molecular flexibility index (Phi) is 6.48. The van der Waals surface area contributed by atoms with Crippen LogP contribution in [0.25, 0.3) is 0 Å². The van der Waals surface area contributed by atoms with Crippen LogP contribution in [0.5, 0.6) is 5.75 Å². The van der Waals surface area contributed by atoms with E-state index in [0.717, 1.165) is 33.6 Å². The van der Waals surface area contributed by atoms with Crippen molar-refractivity contribution in [2.45, 2.75) is 52.3 Å². The molecule has 26 heavy (non-hydrogen) atoms. The number of sulfonamides is 1. The lowest BCUT2D eigenvalue weighted by Crippen LogP contribution is -2.29. The van der Waals surface area contributed by atoms with Crippen molar-refractivity contribution < 1.29 is 13.2 Å². The van der Waals surface area contributed by atoms with Gasteiger partial charge in [-0.05, 0) is 66.6 Å². The van der Waals surface area contributed by atoms with E-state index in [9.17, 15) is 8.42 Å². The number of hydrogen-bond donors (Lipinski definition) is 1. The molecule has 0 heterocycles. The van der Waals surface area contributed by atoms with Crippen LogP contribution in [0.2, 0.25) is 0 Å². The van der Waals surface area contributed by atoms with E-state index in [4.69, 9.17) is 4.74 Å². The molecule has 1 atom stereocenters. The van der Waals surface area contributed by atoms with Crippen LogP contribution in [0.4, 0.5) is 0 Å². The van der Waals surface area contributed by atoms with Gasteiger partial charge in [-0.3, -0.25) is 0 Å². The summed E-state index contributed by atoms with van der Waals surface area (Å²) < 4.78 is 33.6. The summed E-state index contributed by atoms with van der Waals surface area (Å²) >= 11 is 0. The van der Waals surface area contributed by atoms with Crippen LogP contribution >= 0.6 is 0 Å². The summed E-state index contributed by atoms with van der Waals surface area (Å²) in [6, 6.07) is 11.3. The predicted molar refractivity (Wildman–Crippen MR) is 107 cm³/mol. The van der Waals surface area contributed by atoms with Crippen molar-refractivity contribution in [1.82, 2.24) is 4.72 Å². The summed E-state index contributed by atoms with van der Waals surface area (Å²) in [5, 5.41) is 0. The van der Waals surface area contributed by atoms with E-state index in [1.807, 2.05) is 51.1 Å². The van der Waals surface area contributed by atoms with Crippen LogP contribution in [-0.4, -0.2) is 15.5 Å². The zero-order chi connectivity index (χ0) is 19.5. The van der Waals surface area contributed by atoms with Gasteiger partial charge in [-0.1, -0.05) is 38.1 Å². The molecule has 0 aliphatic heterocycles. The molecule has 0 bridgehead atoms. The second-order valence-corrected chi connectivity index (χ2v) is 8.88. The van der Waals surface area contributed by atoms with Crippen LogP contribution in [0, 0.1) is 13.8 Å². The average Bonchev–Trinajstić information content (AvgIpc) is 2.55. The first-order valence-electron chi connectivity index (χ1n) is 8.87. The maximum absolute atomic E-state index is 12.7. The van der Waals surface area contributed by atoms with Crippen LogP contribution in [0.15, 0.2) is 36.4 Å². The number of hydrogen-bond acceptors (Lipinski definition) is 3. The molecule has 1 N–H and O–H groups in total. The van der Waals surface area contributed by atoms with E-state index in [1.165, 1.54) is 0 Å². The first kappa shape index (κ1) is 20.5. The topological polar surface area (TPSA) is 55.4 Å². The fourth-order valence-corrected chi connectivity index (χ4v) is 4.64. The van der Waals surface area contributed by atoms with Crippen molar-refractivity contribution >= 4 is 10.0 Å². The largest absolute Gasteiger partial charge is 0.496 e. The van der Waals surface area contributed by atoms with Gasteiger partial charge in [0.25, 0.3) is 0 Å². The molecule has 0 fully saturated rings. The molecule has 2 aromatic rings. The summed E-state index contributed by atoms with van der Waals surface area (Å²) in [4.78, 5) is 0. The van der Waals surface area contributed by atoms with E-state index < -0.39 is 10.0 Å². The summed E-state index contributed by atoms with van der Waals surface area (Å²) in [5.41, 5.74) is 4.87. The highest BCUT2D eigenvalue weighted by molar-refractivity contribution is 7.88. The molecule has 0 aromatic heterocycles. The molecule has 0 aliphatic carbocycles. The van der Waals surface area contributed by atoms with Crippen LogP contribution < -0.4 is 9.46 Å². The lowest BCUT2D eigenvalue weighted by molar-refractivity contribution is 0.406. The minimum absolute atomic E-state index is 0.0176. The molecule has 0 saturated carbocycles. The number of ether oxygens (including phenoxy) is 1. The predicted octanol–water partition coefficient (Wildman–Crippen LogP) is 4.62. The second-order valence-electron chi connectivity index (χ2n) is 7.13.